The van der Waals surface area contributed by atoms with Crippen molar-refractivity contribution in [2.24, 2.45) is 0 Å². The first-order chi connectivity index (χ1) is 12.9. The zero-order chi connectivity index (χ0) is 17.3. The molecule has 5 aromatic rings. The van der Waals surface area contributed by atoms with Crippen LogP contribution in [0.5, 0.6) is 0 Å². The standard InChI is InChI=1S/C18H14N8/c1-4-15-6-8-22-26(15)16(5-1)18-21-9-10-24(18)11-14-3-2-7-20-17(14)25-13-19-12-23-25/h1-10,12-13H,11H2. The number of imidazole rings is 1. The van der Waals surface area contributed by atoms with Crippen molar-refractivity contribution in [3.05, 3.63) is 79.4 Å². The van der Waals surface area contributed by atoms with Crippen molar-refractivity contribution in [1.29, 1.82) is 0 Å². The molecule has 0 spiro atoms. The van der Waals surface area contributed by atoms with Crippen LogP contribution in [0.2, 0.25) is 0 Å². The lowest BCUT2D eigenvalue weighted by Gasteiger charge is -2.12. The van der Waals surface area contributed by atoms with Gasteiger partial charge >= 0.3 is 0 Å². The number of pyridine rings is 2. The summed E-state index contributed by atoms with van der Waals surface area (Å²) in [5.74, 6) is 1.59. The number of nitrogens with zero attached hydrogens (tertiary/aromatic N) is 8. The van der Waals surface area contributed by atoms with Crippen molar-refractivity contribution in [3.8, 4) is 17.3 Å². The van der Waals surface area contributed by atoms with Crippen LogP contribution >= 0.6 is 0 Å². The van der Waals surface area contributed by atoms with Gasteiger partial charge in [-0.15, -0.1) is 0 Å². The van der Waals surface area contributed by atoms with Gasteiger partial charge in [0, 0.05) is 24.2 Å². The van der Waals surface area contributed by atoms with Crippen LogP contribution < -0.4 is 0 Å². The second-order valence-corrected chi connectivity index (χ2v) is 5.78. The summed E-state index contributed by atoms with van der Waals surface area (Å²) in [6, 6.07) is 12.0. The summed E-state index contributed by atoms with van der Waals surface area (Å²) in [6.07, 6.45) is 10.4. The highest BCUT2D eigenvalue weighted by Crippen LogP contribution is 2.21. The summed E-state index contributed by atoms with van der Waals surface area (Å²) in [7, 11) is 0. The van der Waals surface area contributed by atoms with E-state index in [2.05, 4.69) is 29.7 Å². The average Bonchev–Trinajstić information content (AvgIpc) is 3.43. The fourth-order valence-electron chi connectivity index (χ4n) is 3.05. The first kappa shape index (κ1) is 14.5. The highest BCUT2D eigenvalue weighted by molar-refractivity contribution is 5.59. The minimum absolute atomic E-state index is 0.607. The highest BCUT2D eigenvalue weighted by Gasteiger charge is 2.13. The van der Waals surface area contributed by atoms with Gasteiger partial charge in [0.05, 0.1) is 18.3 Å². The molecule has 0 radical (unpaired) electrons. The molecule has 8 nitrogen and oxygen atoms in total. The Morgan fingerprint density at radius 3 is 2.81 bits per heavy atom. The topological polar surface area (TPSA) is 78.7 Å². The van der Waals surface area contributed by atoms with E-state index in [1.54, 1.807) is 29.6 Å². The predicted octanol–water partition coefficient (Wildman–Crippen LogP) is 2.22. The lowest BCUT2D eigenvalue weighted by molar-refractivity contribution is 0.760. The van der Waals surface area contributed by atoms with Crippen molar-refractivity contribution in [2.75, 3.05) is 0 Å². The summed E-state index contributed by atoms with van der Waals surface area (Å²) in [6.45, 7) is 0.607. The summed E-state index contributed by atoms with van der Waals surface area (Å²) in [5, 5.41) is 8.60. The van der Waals surface area contributed by atoms with Gasteiger partial charge < -0.3 is 4.57 Å². The van der Waals surface area contributed by atoms with Gasteiger partial charge in [-0.2, -0.15) is 10.2 Å². The van der Waals surface area contributed by atoms with E-state index in [0.717, 1.165) is 28.4 Å². The van der Waals surface area contributed by atoms with Gasteiger partial charge in [0.2, 0.25) is 0 Å². The van der Waals surface area contributed by atoms with Gasteiger partial charge in [-0.25, -0.2) is 24.1 Å². The molecule has 126 valence electrons. The largest absolute Gasteiger partial charge is 0.325 e. The molecule has 5 heterocycles. The van der Waals surface area contributed by atoms with E-state index in [0.29, 0.717) is 6.54 Å². The van der Waals surface area contributed by atoms with Gasteiger partial charge in [-0.05, 0) is 24.3 Å². The molecule has 0 N–H and O–H groups in total. The van der Waals surface area contributed by atoms with Crippen LogP contribution in [0.25, 0.3) is 22.9 Å². The first-order valence-electron chi connectivity index (χ1n) is 8.13. The third-order valence-corrected chi connectivity index (χ3v) is 4.21. The van der Waals surface area contributed by atoms with Crippen LogP contribution in [0, 0.1) is 0 Å². The van der Waals surface area contributed by atoms with E-state index in [1.165, 1.54) is 6.33 Å². The molecular formula is C18H14N8. The maximum absolute atomic E-state index is 4.55. The van der Waals surface area contributed by atoms with Crippen molar-refractivity contribution >= 4 is 5.52 Å². The van der Waals surface area contributed by atoms with E-state index in [9.17, 15) is 0 Å². The normalized spacial score (nSPS) is 11.2. The van der Waals surface area contributed by atoms with Crippen LogP contribution in [-0.2, 0) is 6.54 Å². The Morgan fingerprint density at radius 1 is 0.885 bits per heavy atom. The van der Waals surface area contributed by atoms with Gasteiger partial charge in [0.1, 0.15) is 18.3 Å². The molecule has 5 aromatic heterocycles. The molecule has 0 saturated carbocycles. The van der Waals surface area contributed by atoms with Crippen LogP contribution in [0.1, 0.15) is 5.56 Å². The molecule has 0 aliphatic carbocycles. The second-order valence-electron chi connectivity index (χ2n) is 5.78. The number of aromatic nitrogens is 8. The molecule has 0 bridgehead atoms. The van der Waals surface area contributed by atoms with Gasteiger partial charge in [-0.3, -0.25) is 0 Å². The Morgan fingerprint density at radius 2 is 1.88 bits per heavy atom. The van der Waals surface area contributed by atoms with E-state index in [4.69, 9.17) is 0 Å². The SMILES string of the molecule is c1cnc(-n2cncn2)c(Cn2ccnc2-c2cccc3ccnn23)c1. The van der Waals surface area contributed by atoms with Crippen LogP contribution in [-0.4, -0.2) is 38.9 Å². The Bertz CT molecular complexity index is 1170. The molecule has 0 aromatic carbocycles. The zero-order valence-electron chi connectivity index (χ0n) is 13.7. The van der Waals surface area contributed by atoms with E-state index in [-0.39, 0.29) is 0 Å². The number of hydrogen-bond acceptors (Lipinski definition) is 5. The summed E-state index contributed by atoms with van der Waals surface area (Å²) in [5.41, 5.74) is 2.98. The molecule has 5 rings (SSSR count). The third-order valence-electron chi connectivity index (χ3n) is 4.21. The zero-order valence-corrected chi connectivity index (χ0v) is 13.7. The molecule has 8 heteroatoms. The smallest absolute Gasteiger partial charge is 0.160 e. The lowest BCUT2D eigenvalue weighted by atomic mass is 10.2. The van der Waals surface area contributed by atoms with Crippen molar-refractivity contribution in [1.82, 2.24) is 38.9 Å². The van der Waals surface area contributed by atoms with Gasteiger partial charge in [-0.1, -0.05) is 12.1 Å². The van der Waals surface area contributed by atoms with E-state index < -0.39 is 0 Å². The second kappa shape index (κ2) is 5.92. The Kier molecular flexibility index (Phi) is 3.31. The quantitative estimate of drug-likeness (QED) is 0.500. The average molecular weight is 342 g/mol. The molecule has 0 saturated heterocycles. The minimum Gasteiger partial charge on any atom is -0.325 e. The monoisotopic (exact) mass is 342 g/mol. The van der Waals surface area contributed by atoms with Crippen LogP contribution in [0.3, 0.4) is 0 Å². The Hall–Kier alpha value is -3.81. The summed E-state index contributed by atoms with van der Waals surface area (Å²) in [4.78, 5) is 13.0. The predicted molar refractivity (Wildman–Crippen MR) is 94.7 cm³/mol. The van der Waals surface area contributed by atoms with Crippen LogP contribution in [0.4, 0.5) is 0 Å². The molecule has 0 unspecified atom stereocenters. The molecule has 0 amide bonds. The molecule has 0 aliphatic heterocycles. The Labute approximate surface area is 148 Å². The Balaban J connectivity index is 1.59. The fourth-order valence-corrected chi connectivity index (χ4v) is 3.05. The maximum atomic E-state index is 4.55. The van der Waals surface area contributed by atoms with Crippen molar-refractivity contribution in [2.45, 2.75) is 6.54 Å². The summed E-state index contributed by atoms with van der Waals surface area (Å²) >= 11 is 0. The van der Waals surface area contributed by atoms with E-state index in [1.807, 2.05) is 47.1 Å². The van der Waals surface area contributed by atoms with Crippen LogP contribution in [0.15, 0.2) is 73.8 Å². The lowest BCUT2D eigenvalue weighted by Crippen LogP contribution is -2.09. The molecular weight excluding hydrogens is 328 g/mol. The number of rotatable bonds is 4. The number of fused-ring (bicyclic) bond motifs is 1. The van der Waals surface area contributed by atoms with Gasteiger partial charge in [0.25, 0.3) is 0 Å². The maximum Gasteiger partial charge on any atom is 0.160 e. The molecule has 0 aliphatic rings. The van der Waals surface area contributed by atoms with Crippen molar-refractivity contribution in [3.63, 3.8) is 0 Å². The molecule has 0 fully saturated rings. The summed E-state index contributed by atoms with van der Waals surface area (Å²) < 4.78 is 5.63. The minimum atomic E-state index is 0.607. The van der Waals surface area contributed by atoms with Gasteiger partial charge in [0.15, 0.2) is 11.6 Å². The molecule has 26 heavy (non-hydrogen) atoms. The highest BCUT2D eigenvalue weighted by atomic mass is 15.3. The molecule has 0 atom stereocenters. The third kappa shape index (κ3) is 2.35. The first-order valence-corrected chi connectivity index (χ1v) is 8.13. The van der Waals surface area contributed by atoms with E-state index >= 15 is 0 Å². The fraction of sp³-hybridized carbons (Fsp3) is 0.0556. The number of hydrogen-bond donors (Lipinski definition) is 0. The van der Waals surface area contributed by atoms with Crippen molar-refractivity contribution < 1.29 is 0 Å².